The van der Waals surface area contributed by atoms with Gasteiger partial charge in [0.25, 0.3) is 5.91 Å². The molecule has 1 aromatic heterocycles. The number of carbonyl (C=O) groups is 1. The van der Waals surface area contributed by atoms with Crippen LogP contribution in [0.4, 0.5) is 0 Å². The molecule has 0 bridgehead atoms. The van der Waals surface area contributed by atoms with Crippen molar-refractivity contribution in [1.29, 1.82) is 0 Å². The molecule has 0 aromatic carbocycles. The minimum absolute atomic E-state index is 0.0228. The molecule has 3 rings (SSSR count). The van der Waals surface area contributed by atoms with Crippen molar-refractivity contribution >= 4 is 5.91 Å². The third-order valence-corrected chi connectivity index (χ3v) is 5.53. The molecule has 2 fully saturated rings. The van der Waals surface area contributed by atoms with Gasteiger partial charge in [0.05, 0.1) is 18.2 Å². The van der Waals surface area contributed by atoms with Crippen molar-refractivity contribution in [1.82, 2.24) is 4.90 Å². The van der Waals surface area contributed by atoms with Gasteiger partial charge in [-0.25, -0.2) is 0 Å². The van der Waals surface area contributed by atoms with Crippen LogP contribution in [-0.4, -0.2) is 36.6 Å². The van der Waals surface area contributed by atoms with Gasteiger partial charge >= 0.3 is 0 Å². The number of amides is 1. The molecule has 22 heavy (non-hydrogen) atoms. The quantitative estimate of drug-likeness (QED) is 0.907. The number of nitrogens with zero attached hydrogens (tertiary/aromatic N) is 1. The van der Waals surface area contributed by atoms with Crippen molar-refractivity contribution in [2.75, 3.05) is 13.7 Å². The lowest BCUT2D eigenvalue weighted by Crippen LogP contribution is -2.63. The van der Waals surface area contributed by atoms with Gasteiger partial charge in [-0.15, -0.1) is 0 Å². The molecule has 2 aliphatic rings. The Labute approximate surface area is 131 Å². The number of rotatable bonds is 5. The van der Waals surface area contributed by atoms with E-state index in [2.05, 4.69) is 0 Å². The monoisotopic (exact) mass is 306 g/mol. The maximum absolute atomic E-state index is 12.7. The Bertz CT molecular complexity index is 534. The van der Waals surface area contributed by atoms with Crippen LogP contribution >= 0.6 is 0 Å². The predicted molar refractivity (Wildman–Crippen MR) is 83.4 cm³/mol. The lowest BCUT2D eigenvalue weighted by molar-refractivity contribution is -0.152. The Balaban J connectivity index is 1.74. The summed E-state index contributed by atoms with van der Waals surface area (Å²) in [7, 11) is 1.91. The zero-order valence-corrected chi connectivity index (χ0v) is 13.5. The van der Waals surface area contributed by atoms with Crippen molar-refractivity contribution in [3.05, 3.63) is 23.7 Å². The Morgan fingerprint density at radius 1 is 1.50 bits per heavy atom. The highest BCUT2D eigenvalue weighted by Crippen LogP contribution is 2.56. The molecule has 1 amide bonds. The molecule has 0 saturated heterocycles. The zero-order chi connectivity index (χ0) is 15.7. The second-order valence-electron chi connectivity index (χ2n) is 6.56. The summed E-state index contributed by atoms with van der Waals surface area (Å²) in [6, 6.07) is 2.02. The molecule has 2 unspecified atom stereocenters. The molecule has 1 aromatic rings. The van der Waals surface area contributed by atoms with E-state index in [0.29, 0.717) is 24.0 Å². The molecule has 2 aliphatic carbocycles. The second-order valence-corrected chi connectivity index (χ2v) is 6.56. The molecule has 5 nitrogen and oxygen atoms in total. The summed E-state index contributed by atoms with van der Waals surface area (Å²) in [4.78, 5) is 14.6. The second kappa shape index (κ2) is 6.05. The van der Waals surface area contributed by atoms with E-state index < -0.39 is 0 Å². The van der Waals surface area contributed by atoms with E-state index in [9.17, 15) is 4.79 Å². The van der Waals surface area contributed by atoms with Gasteiger partial charge in [0.15, 0.2) is 0 Å². The lowest BCUT2D eigenvalue weighted by atomic mass is 9.60. The molecule has 2 N–H and O–H groups in total. The summed E-state index contributed by atoms with van der Waals surface area (Å²) in [5, 5.41) is 0. The Morgan fingerprint density at radius 3 is 2.82 bits per heavy atom. The zero-order valence-electron chi connectivity index (χ0n) is 13.5. The van der Waals surface area contributed by atoms with Gasteiger partial charge in [0, 0.05) is 25.1 Å². The lowest BCUT2D eigenvalue weighted by Gasteiger charge is -2.56. The first kappa shape index (κ1) is 15.6. The molecule has 2 atom stereocenters. The summed E-state index contributed by atoms with van der Waals surface area (Å²) < 4.78 is 11.2. The molecule has 0 radical (unpaired) electrons. The van der Waals surface area contributed by atoms with Crippen LogP contribution in [-0.2, 0) is 11.3 Å². The summed E-state index contributed by atoms with van der Waals surface area (Å²) >= 11 is 0. The van der Waals surface area contributed by atoms with E-state index in [1.165, 1.54) is 31.9 Å². The van der Waals surface area contributed by atoms with E-state index in [1.54, 1.807) is 6.07 Å². The average Bonchev–Trinajstić information content (AvgIpc) is 3.19. The standard InChI is InChI=1S/C17H26N2O3/c1-3-21-15-9-14(17(15)6-4-5-7-17)19(2)16(20)12-8-13(10-18)22-11-12/h8,11,14-15H,3-7,9-10,18H2,1-2H3. The SMILES string of the molecule is CCOC1CC(N(C)C(=O)c2coc(CN)c2)C12CCCC2. The van der Waals surface area contributed by atoms with Crippen molar-refractivity contribution in [3.8, 4) is 0 Å². The van der Waals surface area contributed by atoms with Gasteiger partial charge < -0.3 is 19.8 Å². The van der Waals surface area contributed by atoms with E-state index in [1.807, 2.05) is 18.9 Å². The van der Waals surface area contributed by atoms with E-state index >= 15 is 0 Å². The topological polar surface area (TPSA) is 68.7 Å². The van der Waals surface area contributed by atoms with Crippen LogP contribution in [0.15, 0.2) is 16.7 Å². The molecular formula is C17H26N2O3. The van der Waals surface area contributed by atoms with Crippen molar-refractivity contribution < 1.29 is 13.9 Å². The number of nitrogens with two attached hydrogens (primary N) is 1. The number of hydrogen-bond acceptors (Lipinski definition) is 4. The smallest absolute Gasteiger partial charge is 0.257 e. The Kier molecular flexibility index (Phi) is 4.28. The fraction of sp³-hybridized carbons (Fsp3) is 0.706. The fourth-order valence-corrected chi connectivity index (χ4v) is 4.34. The van der Waals surface area contributed by atoms with Crippen LogP contribution in [0.3, 0.4) is 0 Å². The van der Waals surface area contributed by atoms with Crippen LogP contribution in [0.25, 0.3) is 0 Å². The predicted octanol–water partition coefficient (Wildman–Crippen LogP) is 2.55. The van der Waals surface area contributed by atoms with Gasteiger partial charge in [0.2, 0.25) is 0 Å². The first-order valence-corrected chi connectivity index (χ1v) is 8.28. The van der Waals surface area contributed by atoms with E-state index in [4.69, 9.17) is 14.9 Å². The largest absolute Gasteiger partial charge is 0.467 e. The van der Waals surface area contributed by atoms with Crippen LogP contribution < -0.4 is 5.73 Å². The third kappa shape index (κ3) is 2.36. The van der Waals surface area contributed by atoms with E-state index in [0.717, 1.165) is 13.0 Å². The van der Waals surface area contributed by atoms with Crippen molar-refractivity contribution in [2.24, 2.45) is 11.1 Å². The van der Waals surface area contributed by atoms with Gasteiger partial charge in [-0.3, -0.25) is 4.79 Å². The number of ether oxygens (including phenoxy) is 1. The minimum atomic E-state index is 0.0228. The maximum Gasteiger partial charge on any atom is 0.257 e. The van der Waals surface area contributed by atoms with Crippen molar-refractivity contribution in [2.45, 2.75) is 57.7 Å². The minimum Gasteiger partial charge on any atom is -0.467 e. The Hall–Kier alpha value is -1.33. The molecule has 2 saturated carbocycles. The van der Waals surface area contributed by atoms with Crippen LogP contribution in [0.1, 0.15) is 55.1 Å². The summed E-state index contributed by atoms with van der Waals surface area (Å²) in [5.74, 6) is 0.669. The van der Waals surface area contributed by atoms with Crippen LogP contribution in [0.2, 0.25) is 0 Å². The first-order valence-electron chi connectivity index (χ1n) is 8.28. The van der Waals surface area contributed by atoms with E-state index in [-0.39, 0.29) is 17.4 Å². The summed E-state index contributed by atoms with van der Waals surface area (Å²) in [6.45, 7) is 3.11. The van der Waals surface area contributed by atoms with Crippen molar-refractivity contribution in [3.63, 3.8) is 0 Å². The van der Waals surface area contributed by atoms with Gasteiger partial charge in [0.1, 0.15) is 12.0 Å². The summed E-state index contributed by atoms with van der Waals surface area (Å²) in [5.41, 5.74) is 6.31. The van der Waals surface area contributed by atoms with Gasteiger partial charge in [-0.1, -0.05) is 12.8 Å². The summed E-state index contributed by atoms with van der Waals surface area (Å²) in [6.07, 6.45) is 7.58. The third-order valence-electron chi connectivity index (χ3n) is 5.53. The molecule has 1 spiro atoms. The van der Waals surface area contributed by atoms with Crippen LogP contribution in [0.5, 0.6) is 0 Å². The molecule has 1 heterocycles. The fourth-order valence-electron chi connectivity index (χ4n) is 4.34. The van der Waals surface area contributed by atoms with Crippen LogP contribution in [0, 0.1) is 5.41 Å². The van der Waals surface area contributed by atoms with Gasteiger partial charge in [-0.2, -0.15) is 0 Å². The van der Waals surface area contributed by atoms with Gasteiger partial charge in [-0.05, 0) is 32.3 Å². The molecule has 0 aliphatic heterocycles. The maximum atomic E-state index is 12.7. The average molecular weight is 306 g/mol. The molecule has 122 valence electrons. The number of furan rings is 1. The first-order chi connectivity index (χ1) is 10.6. The highest BCUT2D eigenvalue weighted by molar-refractivity contribution is 5.94. The Morgan fingerprint density at radius 2 is 2.23 bits per heavy atom. The number of carbonyl (C=O) groups excluding carboxylic acids is 1. The molecule has 5 heteroatoms. The number of hydrogen-bond donors (Lipinski definition) is 1. The highest BCUT2D eigenvalue weighted by Gasteiger charge is 2.58. The highest BCUT2D eigenvalue weighted by atomic mass is 16.5. The normalized spacial score (nSPS) is 26.1. The molecular weight excluding hydrogens is 280 g/mol.